The van der Waals surface area contributed by atoms with Gasteiger partial charge in [0.15, 0.2) is 5.01 Å². The summed E-state index contributed by atoms with van der Waals surface area (Å²) in [5.74, 6) is 0.0495. The van der Waals surface area contributed by atoms with Gasteiger partial charge in [-0.15, -0.1) is 11.3 Å². The van der Waals surface area contributed by atoms with Crippen LogP contribution in [0.2, 0.25) is 0 Å². The van der Waals surface area contributed by atoms with Gasteiger partial charge in [-0.25, -0.2) is 4.98 Å². The molecule has 2 rings (SSSR count). The fourth-order valence-corrected chi connectivity index (χ4v) is 2.57. The molecule has 0 saturated carbocycles. The first-order valence-electron chi connectivity index (χ1n) is 5.55. The van der Waals surface area contributed by atoms with Gasteiger partial charge in [0.05, 0.1) is 0 Å². The average molecular weight is 253 g/mol. The van der Waals surface area contributed by atoms with Crippen LogP contribution in [0.1, 0.15) is 22.4 Å². The predicted molar refractivity (Wildman–Crippen MR) is 65.0 cm³/mol. The second kappa shape index (κ2) is 4.83. The molecule has 1 saturated heterocycles. The van der Waals surface area contributed by atoms with Gasteiger partial charge in [-0.05, 0) is 6.92 Å². The Morgan fingerprint density at radius 3 is 2.29 bits per heavy atom. The molecule has 0 aromatic carbocycles. The number of aryl methyl sites for hydroxylation is 1. The van der Waals surface area contributed by atoms with Crippen LogP contribution >= 0.6 is 11.3 Å². The van der Waals surface area contributed by atoms with Crippen molar-refractivity contribution in [3.63, 3.8) is 0 Å². The maximum absolute atomic E-state index is 12.1. The van der Waals surface area contributed by atoms with Crippen molar-refractivity contribution < 1.29 is 9.59 Å². The van der Waals surface area contributed by atoms with Gasteiger partial charge < -0.3 is 9.80 Å². The van der Waals surface area contributed by atoms with E-state index >= 15 is 0 Å². The third-order valence-electron chi connectivity index (χ3n) is 2.81. The SMILES string of the molecule is CC(=O)N1CCN(C(=O)c2nc(C)cs2)CC1. The summed E-state index contributed by atoms with van der Waals surface area (Å²) in [6, 6.07) is 0. The van der Waals surface area contributed by atoms with Gasteiger partial charge in [0, 0.05) is 44.2 Å². The van der Waals surface area contributed by atoms with Crippen molar-refractivity contribution in [1.29, 1.82) is 0 Å². The molecule has 5 nitrogen and oxygen atoms in total. The Kier molecular flexibility index (Phi) is 3.42. The lowest BCUT2D eigenvalue weighted by Gasteiger charge is -2.33. The van der Waals surface area contributed by atoms with Crippen molar-refractivity contribution in [3.05, 3.63) is 16.1 Å². The molecule has 0 spiro atoms. The van der Waals surface area contributed by atoms with Gasteiger partial charge in [0.2, 0.25) is 5.91 Å². The van der Waals surface area contributed by atoms with Crippen molar-refractivity contribution in [2.45, 2.75) is 13.8 Å². The fraction of sp³-hybridized carbons (Fsp3) is 0.545. The molecule has 0 bridgehead atoms. The zero-order valence-corrected chi connectivity index (χ0v) is 10.8. The minimum atomic E-state index is -0.0219. The smallest absolute Gasteiger partial charge is 0.282 e. The number of piperazine rings is 1. The molecule has 0 aliphatic carbocycles. The molecule has 17 heavy (non-hydrogen) atoms. The number of thiazole rings is 1. The largest absolute Gasteiger partial charge is 0.339 e. The lowest BCUT2D eigenvalue weighted by atomic mass is 10.3. The summed E-state index contributed by atoms with van der Waals surface area (Å²) in [5, 5.41) is 2.41. The zero-order valence-electron chi connectivity index (χ0n) is 9.97. The van der Waals surface area contributed by atoms with Crippen LogP contribution in [0.15, 0.2) is 5.38 Å². The van der Waals surface area contributed by atoms with Crippen LogP contribution in [0, 0.1) is 6.92 Å². The number of nitrogens with zero attached hydrogens (tertiary/aromatic N) is 3. The molecule has 1 aromatic rings. The Labute approximate surface area is 104 Å². The first-order valence-corrected chi connectivity index (χ1v) is 6.43. The first-order chi connectivity index (χ1) is 8.08. The second-order valence-corrected chi connectivity index (χ2v) is 4.95. The minimum Gasteiger partial charge on any atom is -0.339 e. The molecule has 0 atom stereocenters. The topological polar surface area (TPSA) is 53.5 Å². The summed E-state index contributed by atoms with van der Waals surface area (Å²) in [4.78, 5) is 30.9. The highest BCUT2D eigenvalue weighted by Gasteiger charge is 2.24. The molecule has 2 amide bonds. The summed E-state index contributed by atoms with van der Waals surface area (Å²) in [7, 11) is 0. The first kappa shape index (κ1) is 12.0. The van der Waals surface area contributed by atoms with Crippen molar-refractivity contribution >= 4 is 23.2 Å². The van der Waals surface area contributed by atoms with E-state index in [-0.39, 0.29) is 11.8 Å². The zero-order chi connectivity index (χ0) is 12.4. The van der Waals surface area contributed by atoms with Crippen LogP contribution in [0.25, 0.3) is 0 Å². The molecule has 0 radical (unpaired) electrons. The Bertz CT molecular complexity index is 436. The average Bonchev–Trinajstić information content (AvgIpc) is 2.75. The maximum Gasteiger partial charge on any atom is 0.282 e. The maximum atomic E-state index is 12.1. The summed E-state index contributed by atoms with van der Waals surface area (Å²) in [5.41, 5.74) is 0.876. The molecule has 92 valence electrons. The summed E-state index contributed by atoms with van der Waals surface area (Å²) in [6.45, 7) is 5.85. The van der Waals surface area contributed by atoms with E-state index in [1.165, 1.54) is 11.3 Å². The highest BCUT2D eigenvalue weighted by Crippen LogP contribution is 2.13. The molecule has 1 aliphatic rings. The molecule has 0 N–H and O–H groups in total. The Morgan fingerprint density at radius 2 is 1.82 bits per heavy atom. The monoisotopic (exact) mass is 253 g/mol. The van der Waals surface area contributed by atoms with Crippen LogP contribution in [0.5, 0.6) is 0 Å². The van der Waals surface area contributed by atoms with E-state index in [1.54, 1.807) is 16.7 Å². The van der Waals surface area contributed by atoms with Crippen molar-refractivity contribution in [2.75, 3.05) is 26.2 Å². The van der Waals surface area contributed by atoms with Crippen LogP contribution in [-0.4, -0.2) is 52.8 Å². The molecule has 1 aromatic heterocycles. The van der Waals surface area contributed by atoms with E-state index in [2.05, 4.69) is 4.98 Å². The Morgan fingerprint density at radius 1 is 1.24 bits per heavy atom. The van der Waals surface area contributed by atoms with Crippen LogP contribution in [0.4, 0.5) is 0 Å². The summed E-state index contributed by atoms with van der Waals surface area (Å²) < 4.78 is 0. The molecule has 2 heterocycles. The number of hydrogen-bond acceptors (Lipinski definition) is 4. The van der Waals surface area contributed by atoms with Gasteiger partial charge in [0.25, 0.3) is 5.91 Å². The van der Waals surface area contributed by atoms with Crippen molar-refractivity contribution in [2.24, 2.45) is 0 Å². The van der Waals surface area contributed by atoms with Crippen LogP contribution in [0.3, 0.4) is 0 Å². The molecule has 0 unspecified atom stereocenters. The van der Waals surface area contributed by atoms with Gasteiger partial charge in [-0.3, -0.25) is 9.59 Å². The highest BCUT2D eigenvalue weighted by molar-refractivity contribution is 7.11. The van der Waals surface area contributed by atoms with E-state index in [4.69, 9.17) is 0 Å². The number of carbonyl (C=O) groups excluding carboxylic acids is 2. The number of hydrogen-bond donors (Lipinski definition) is 0. The molecular formula is C11H15N3O2S. The number of carbonyl (C=O) groups is 2. The molecular weight excluding hydrogens is 238 g/mol. The Balaban J connectivity index is 1.97. The van der Waals surface area contributed by atoms with Gasteiger partial charge in [-0.2, -0.15) is 0 Å². The third-order valence-corrected chi connectivity index (χ3v) is 3.76. The van der Waals surface area contributed by atoms with E-state index in [0.29, 0.717) is 31.2 Å². The molecule has 1 fully saturated rings. The Hall–Kier alpha value is -1.43. The van der Waals surface area contributed by atoms with E-state index in [0.717, 1.165) is 5.69 Å². The number of aromatic nitrogens is 1. The van der Waals surface area contributed by atoms with Crippen molar-refractivity contribution in [3.8, 4) is 0 Å². The van der Waals surface area contributed by atoms with Gasteiger partial charge in [0.1, 0.15) is 0 Å². The quantitative estimate of drug-likeness (QED) is 0.742. The predicted octanol–water partition coefficient (Wildman–Crippen LogP) is 0.756. The molecule has 6 heteroatoms. The summed E-state index contributed by atoms with van der Waals surface area (Å²) in [6.07, 6.45) is 0. The van der Waals surface area contributed by atoms with Gasteiger partial charge in [-0.1, -0.05) is 0 Å². The lowest BCUT2D eigenvalue weighted by Crippen LogP contribution is -2.50. The van der Waals surface area contributed by atoms with Crippen LogP contribution < -0.4 is 0 Å². The standard InChI is InChI=1S/C11H15N3O2S/c1-8-7-17-10(12-8)11(16)14-5-3-13(4-6-14)9(2)15/h7H,3-6H2,1-2H3. The van der Waals surface area contributed by atoms with E-state index < -0.39 is 0 Å². The lowest BCUT2D eigenvalue weighted by molar-refractivity contribution is -0.130. The number of amides is 2. The van der Waals surface area contributed by atoms with Gasteiger partial charge >= 0.3 is 0 Å². The molecule has 1 aliphatic heterocycles. The summed E-state index contributed by atoms with van der Waals surface area (Å²) >= 11 is 1.38. The van der Waals surface area contributed by atoms with Crippen LogP contribution in [-0.2, 0) is 4.79 Å². The van der Waals surface area contributed by atoms with E-state index in [1.807, 2.05) is 12.3 Å². The number of rotatable bonds is 1. The highest BCUT2D eigenvalue weighted by atomic mass is 32.1. The normalized spacial score (nSPS) is 16.1. The van der Waals surface area contributed by atoms with Crippen molar-refractivity contribution in [1.82, 2.24) is 14.8 Å². The second-order valence-electron chi connectivity index (χ2n) is 4.09. The minimum absolute atomic E-state index is 0.0219. The third kappa shape index (κ3) is 2.63. The van der Waals surface area contributed by atoms with E-state index in [9.17, 15) is 9.59 Å². The fourth-order valence-electron chi connectivity index (χ4n) is 1.81.